The Morgan fingerprint density at radius 2 is 0.704 bits per heavy atom. The van der Waals surface area contributed by atoms with Crippen molar-refractivity contribution in [3.05, 3.63) is 176 Å². The van der Waals surface area contributed by atoms with Crippen molar-refractivity contribution in [2.24, 2.45) is 0 Å². The van der Waals surface area contributed by atoms with E-state index in [4.69, 9.17) is 34.9 Å². The summed E-state index contributed by atoms with van der Waals surface area (Å²) in [5, 5.41) is 0. The van der Waals surface area contributed by atoms with Crippen LogP contribution in [0.4, 0.5) is 0 Å². The maximum Gasteiger partial charge on any atom is 0.165 e. The van der Waals surface area contributed by atoms with Crippen molar-refractivity contribution < 1.29 is 0 Å². The van der Waals surface area contributed by atoms with E-state index in [1.165, 1.54) is 0 Å². The van der Waals surface area contributed by atoms with Crippen molar-refractivity contribution in [1.82, 2.24) is 44.0 Å². The number of hydrogen-bond donors (Lipinski definition) is 0. The Bertz CT molecular complexity index is 2720. The molecule has 9 nitrogen and oxygen atoms in total. The third-order valence-electron chi connectivity index (χ3n) is 9.32. The van der Waals surface area contributed by atoms with E-state index in [2.05, 4.69) is 45.5 Å². The Labute approximate surface area is 310 Å². The van der Waals surface area contributed by atoms with Crippen LogP contribution in [0.25, 0.3) is 90.6 Å². The number of pyridine rings is 2. The SMILES string of the molecule is c1ccc(-c2nc(-c3ccc(-c4nc5ccccc5n4-c4ccccc4)nc3)nc(-c3ccc(-c4nc5ccccc5n4-c4ccccc4)nc3)n2)cc1. The molecule has 5 aromatic heterocycles. The highest BCUT2D eigenvalue weighted by molar-refractivity contribution is 5.84. The van der Waals surface area contributed by atoms with Gasteiger partial charge in [-0.05, 0) is 72.8 Å². The molecule has 0 spiro atoms. The van der Waals surface area contributed by atoms with Crippen molar-refractivity contribution in [1.29, 1.82) is 0 Å². The number of fused-ring (bicyclic) bond motifs is 2. The van der Waals surface area contributed by atoms with E-state index in [0.29, 0.717) is 17.5 Å². The first-order valence-electron chi connectivity index (χ1n) is 17.6. The third-order valence-corrected chi connectivity index (χ3v) is 9.32. The van der Waals surface area contributed by atoms with Crippen LogP contribution in [0.3, 0.4) is 0 Å². The van der Waals surface area contributed by atoms with Gasteiger partial charge in [-0.2, -0.15) is 0 Å². The fraction of sp³-hybridized carbons (Fsp3) is 0. The van der Waals surface area contributed by atoms with Gasteiger partial charge >= 0.3 is 0 Å². The smallest absolute Gasteiger partial charge is 0.165 e. The van der Waals surface area contributed by atoms with Crippen molar-refractivity contribution in [3.8, 4) is 68.6 Å². The predicted octanol–water partition coefficient (Wildman–Crippen LogP) is 9.67. The summed E-state index contributed by atoms with van der Waals surface area (Å²) in [7, 11) is 0. The molecule has 0 aliphatic carbocycles. The molecule has 0 radical (unpaired) electrons. The molecule has 5 aromatic carbocycles. The average Bonchev–Trinajstić information content (AvgIpc) is 3.84. The van der Waals surface area contributed by atoms with E-state index in [0.717, 1.165) is 73.2 Å². The van der Waals surface area contributed by atoms with E-state index in [-0.39, 0.29) is 0 Å². The minimum absolute atomic E-state index is 0.504. The van der Waals surface area contributed by atoms with Gasteiger partial charge in [-0.25, -0.2) is 24.9 Å². The Balaban J connectivity index is 1.05. The lowest BCUT2D eigenvalue weighted by Crippen LogP contribution is -2.02. The molecule has 5 heterocycles. The maximum atomic E-state index is 4.98. The van der Waals surface area contributed by atoms with Crippen LogP contribution in [-0.4, -0.2) is 44.0 Å². The predicted molar refractivity (Wildman–Crippen MR) is 212 cm³/mol. The van der Waals surface area contributed by atoms with Crippen LogP contribution in [0.2, 0.25) is 0 Å². The second kappa shape index (κ2) is 13.2. The van der Waals surface area contributed by atoms with Gasteiger partial charge in [0.25, 0.3) is 0 Å². The number of rotatable bonds is 7. The van der Waals surface area contributed by atoms with Crippen LogP contribution in [0.5, 0.6) is 0 Å². The second-order valence-corrected chi connectivity index (χ2v) is 12.7. The summed E-state index contributed by atoms with van der Waals surface area (Å²) in [6, 6.07) is 54.5. The van der Waals surface area contributed by atoms with Gasteiger partial charge in [0, 0.05) is 40.5 Å². The minimum atomic E-state index is 0.504. The maximum absolute atomic E-state index is 4.98. The van der Waals surface area contributed by atoms with Gasteiger partial charge in [0.2, 0.25) is 0 Å². The van der Waals surface area contributed by atoms with E-state index in [9.17, 15) is 0 Å². The lowest BCUT2D eigenvalue weighted by Gasteiger charge is -2.11. The molecular weight excluding hydrogens is 667 g/mol. The number of benzene rings is 5. The first-order valence-corrected chi connectivity index (χ1v) is 17.6. The van der Waals surface area contributed by atoms with Crippen LogP contribution in [0.15, 0.2) is 176 Å². The van der Waals surface area contributed by atoms with E-state index >= 15 is 0 Å². The molecule has 0 atom stereocenters. The number of nitrogens with zero attached hydrogens (tertiary/aromatic N) is 9. The molecular formula is C45H29N9. The standard InChI is InChI=1S/C45H29N9/c1-4-14-30(15-5-1)41-50-42(31-24-26-37(46-28-31)44-48-35-20-10-12-22-39(35)53(44)33-16-6-2-7-17-33)52-43(51-41)32-25-27-38(47-29-32)45-49-36-21-11-13-23-40(36)54(45)34-18-8-3-9-19-34/h1-29H. The van der Waals surface area contributed by atoms with Gasteiger partial charge in [0.1, 0.15) is 11.4 Å². The fourth-order valence-electron chi connectivity index (χ4n) is 6.74. The monoisotopic (exact) mass is 695 g/mol. The molecule has 0 saturated carbocycles. The summed E-state index contributed by atoms with van der Waals surface area (Å²) in [6.07, 6.45) is 3.60. The molecule has 0 bridgehead atoms. The van der Waals surface area contributed by atoms with Gasteiger partial charge in [0.05, 0.1) is 22.1 Å². The number of aromatic nitrogens is 9. The van der Waals surface area contributed by atoms with Crippen molar-refractivity contribution >= 4 is 22.1 Å². The lowest BCUT2D eigenvalue weighted by molar-refractivity contribution is 1.06. The van der Waals surface area contributed by atoms with Crippen LogP contribution in [0, 0.1) is 0 Å². The number of hydrogen-bond acceptors (Lipinski definition) is 7. The zero-order valence-corrected chi connectivity index (χ0v) is 28.8. The molecule has 10 aromatic rings. The summed E-state index contributed by atoms with van der Waals surface area (Å²) in [5.41, 5.74) is 9.69. The van der Waals surface area contributed by atoms with Gasteiger partial charge in [-0.3, -0.25) is 19.1 Å². The Kier molecular flexibility index (Phi) is 7.58. The van der Waals surface area contributed by atoms with Gasteiger partial charge in [0.15, 0.2) is 29.1 Å². The molecule has 0 aliphatic heterocycles. The summed E-state index contributed by atoms with van der Waals surface area (Å²) >= 11 is 0. The normalized spacial score (nSPS) is 11.3. The first-order chi connectivity index (χ1) is 26.8. The summed E-state index contributed by atoms with van der Waals surface area (Å²) < 4.78 is 4.27. The molecule has 0 aliphatic rings. The molecule has 54 heavy (non-hydrogen) atoms. The lowest BCUT2D eigenvalue weighted by atomic mass is 10.1. The quantitative estimate of drug-likeness (QED) is 0.164. The van der Waals surface area contributed by atoms with Crippen LogP contribution >= 0.6 is 0 Å². The van der Waals surface area contributed by atoms with Gasteiger partial charge in [-0.15, -0.1) is 0 Å². The summed E-state index contributed by atoms with van der Waals surface area (Å²) in [4.78, 5) is 34.6. The Morgan fingerprint density at radius 3 is 1.13 bits per heavy atom. The third kappa shape index (κ3) is 5.57. The Hall–Kier alpha value is -7.65. The highest BCUT2D eigenvalue weighted by atomic mass is 15.1. The highest BCUT2D eigenvalue weighted by Gasteiger charge is 2.19. The number of imidazole rings is 2. The Morgan fingerprint density at radius 1 is 0.315 bits per heavy atom. The summed E-state index contributed by atoms with van der Waals surface area (Å²) in [5.74, 6) is 3.07. The topological polar surface area (TPSA) is 100 Å². The molecule has 0 unspecified atom stereocenters. The van der Waals surface area contributed by atoms with Crippen LogP contribution in [0.1, 0.15) is 0 Å². The second-order valence-electron chi connectivity index (χ2n) is 12.7. The van der Waals surface area contributed by atoms with E-state index in [1.807, 2.05) is 127 Å². The molecule has 254 valence electrons. The first kappa shape index (κ1) is 31.1. The van der Waals surface area contributed by atoms with E-state index in [1.54, 1.807) is 12.4 Å². The van der Waals surface area contributed by atoms with Gasteiger partial charge < -0.3 is 0 Å². The zero-order valence-electron chi connectivity index (χ0n) is 28.8. The highest BCUT2D eigenvalue weighted by Crippen LogP contribution is 2.31. The van der Waals surface area contributed by atoms with Crippen LogP contribution in [-0.2, 0) is 0 Å². The summed E-state index contributed by atoms with van der Waals surface area (Å²) in [6.45, 7) is 0. The molecule has 0 N–H and O–H groups in total. The minimum Gasteiger partial charge on any atom is -0.291 e. The van der Waals surface area contributed by atoms with Crippen molar-refractivity contribution in [2.75, 3.05) is 0 Å². The number of para-hydroxylation sites is 6. The van der Waals surface area contributed by atoms with Crippen molar-refractivity contribution in [3.63, 3.8) is 0 Å². The molecule has 10 rings (SSSR count). The van der Waals surface area contributed by atoms with Crippen LogP contribution < -0.4 is 0 Å². The molecule has 9 heteroatoms. The molecule has 0 saturated heterocycles. The van der Waals surface area contributed by atoms with Crippen molar-refractivity contribution in [2.45, 2.75) is 0 Å². The largest absolute Gasteiger partial charge is 0.291 e. The molecule has 0 fully saturated rings. The average molecular weight is 696 g/mol. The zero-order chi connectivity index (χ0) is 35.8. The van der Waals surface area contributed by atoms with E-state index < -0.39 is 0 Å². The van der Waals surface area contributed by atoms with Gasteiger partial charge in [-0.1, -0.05) is 91.0 Å². The molecule has 0 amide bonds. The fourth-order valence-corrected chi connectivity index (χ4v) is 6.74.